The van der Waals surface area contributed by atoms with Gasteiger partial charge in [-0.05, 0) is 55.8 Å². The first-order valence-electron chi connectivity index (χ1n) is 7.34. The molecule has 0 aromatic heterocycles. The van der Waals surface area contributed by atoms with Gasteiger partial charge in [0.05, 0.1) is 7.11 Å². The molecular formula is C16H24N2O. The van der Waals surface area contributed by atoms with E-state index in [9.17, 15) is 0 Å². The molecule has 2 atom stereocenters. The summed E-state index contributed by atoms with van der Waals surface area (Å²) < 4.78 is 5.21. The van der Waals surface area contributed by atoms with Crippen molar-refractivity contribution in [2.75, 3.05) is 26.7 Å². The van der Waals surface area contributed by atoms with Crippen LogP contribution in [0.2, 0.25) is 0 Å². The second kappa shape index (κ2) is 5.14. The highest BCUT2D eigenvalue weighted by Crippen LogP contribution is 2.41. The van der Waals surface area contributed by atoms with Gasteiger partial charge < -0.3 is 10.5 Å². The maximum atomic E-state index is 6.05. The van der Waals surface area contributed by atoms with Gasteiger partial charge in [-0.25, -0.2) is 0 Å². The molecule has 19 heavy (non-hydrogen) atoms. The van der Waals surface area contributed by atoms with E-state index in [1.807, 2.05) is 0 Å². The number of nitrogens with zero attached hydrogens (tertiary/aromatic N) is 1. The Balaban J connectivity index is 1.65. The fourth-order valence-electron chi connectivity index (χ4n) is 3.97. The van der Waals surface area contributed by atoms with Crippen LogP contribution < -0.4 is 10.5 Å². The van der Waals surface area contributed by atoms with E-state index in [1.165, 1.54) is 44.3 Å². The summed E-state index contributed by atoms with van der Waals surface area (Å²) in [5.41, 5.74) is 7.79. The van der Waals surface area contributed by atoms with Gasteiger partial charge in [0.2, 0.25) is 0 Å². The molecule has 2 saturated heterocycles. The van der Waals surface area contributed by atoms with E-state index in [1.54, 1.807) is 7.11 Å². The minimum Gasteiger partial charge on any atom is -0.497 e. The number of hydrogen-bond acceptors (Lipinski definition) is 3. The number of methoxy groups -OCH3 is 1. The lowest BCUT2D eigenvalue weighted by atomic mass is 9.87. The van der Waals surface area contributed by atoms with Crippen molar-refractivity contribution >= 4 is 0 Å². The molecular weight excluding hydrogens is 236 g/mol. The van der Waals surface area contributed by atoms with Crippen LogP contribution in [0.25, 0.3) is 0 Å². The summed E-state index contributed by atoms with van der Waals surface area (Å²) in [6.07, 6.45) is 5.06. The summed E-state index contributed by atoms with van der Waals surface area (Å²) in [5.74, 6) is 1.70. The molecule has 3 nitrogen and oxygen atoms in total. The number of nitrogens with two attached hydrogens (primary N) is 1. The molecule has 0 radical (unpaired) electrons. The zero-order valence-electron chi connectivity index (χ0n) is 11.8. The van der Waals surface area contributed by atoms with E-state index in [2.05, 4.69) is 29.2 Å². The number of ether oxygens (including phenoxy) is 1. The lowest BCUT2D eigenvalue weighted by Crippen LogP contribution is -2.44. The van der Waals surface area contributed by atoms with Crippen molar-refractivity contribution in [3.63, 3.8) is 0 Å². The van der Waals surface area contributed by atoms with Gasteiger partial charge in [0.15, 0.2) is 0 Å². The molecule has 104 valence electrons. The Morgan fingerprint density at radius 1 is 1.37 bits per heavy atom. The lowest BCUT2D eigenvalue weighted by molar-refractivity contribution is 0.204. The van der Waals surface area contributed by atoms with Crippen LogP contribution in [0.4, 0.5) is 0 Å². The van der Waals surface area contributed by atoms with Gasteiger partial charge in [-0.1, -0.05) is 12.1 Å². The number of rotatable bonds is 4. The second-order valence-corrected chi connectivity index (χ2v) is 6.10. The minimum atomic E-state index is 0.330. The van der Waals surface area contributed by atoms with Crippen molar-refractivity contribution in [2.45, 2.75) is 31.2 Å². The summed E-state index contributed by atoms with van der Waals surface area (Å²) in [7, 11) is 1.71. The van der Waals surface area contributed by atoms with Crippen molar-refractivity contribution in [1.29, 1.82) is 0 Å². The summed E-state index contributed by atoms with van der Waals surface area (Å²) in [6, 6.07) is 8.50. The monoisotopic (exact) mass is 260 g/mol. The predicted octanol–water partition coefficient (Wildman–Crippen LogP) is 2.05. The molecule has 1 aromatic rings. The van der Waals surface area contributed by atoms with E-state index in [0.29, 0.717) is 5.54 Å². The molecule has 1 aromatic carbocycles. The Morgan fingerprint density at radius 2 is 2.16 bits per heavy atom. The fraction of sp³-hybridized carbons (Fsp3) is 0.625. The van der Waals surface area contributed by atoms with Crippen molar-refractivity contribution < 1.29 is 4.74 Å². The van der Waals surface area contributed by atoms with Crippen LogP contribution in [0.1, 0.15) is 24.8 Å². The molecule has 0 saturated carbocycles. The Bertz CT molecular complexity index is 431. The van der Waals surface area contributed by atoms with Gasteiger partial charge in [0, 0.05) is 18.6 Å². The van der Waals surface area contributed by atoms with Crippen LogP contribution in [-0.4, -0.2) is 37.2 Å². The van der Waals surface area contributed by atoms with Crippen molar-refractivity contribution in [3.8, 4) is 5.75 Å². The Labute approximate surface area is 115 Å². The smallest absolute Gasteiger partial charge is 0.118 e. The molecule has 2 aliphatic heterocycles. The topological polar surface area (TPSA) is 38.5 Å². The molecule has 2 unspecified atom stereocenters. The SMILES string of the molecule is COc1ccc(CC2CN3CCCC3(CN)C2)cc1. The van der Waals surface area contributed by atoms with Crippen molar-refractivity contribution in [2.24, 2.45) is 11.7 Å². The third kappa shape index (κ3) is 2.37. The molecule has 0 amide bonds. The average Bonchev–Trinajstić information content (AvgIpc) is 2.96. The van der Waals surface area contributed by atoms with Crippen LogP contribution in [0.15, 0.2) is 24.3 Å². The number of fused-ring (bicyclic) bond motifs is 1. The Kier molecular flexibility index (Phi) is 3.50. The van der Waals surface area contributed by atoms with Crippen molar-refractivity contribution in [1.82, 2.24) is 4.90 Å². The van der Waals surface area contributed by atoms with Crippen LogP contribution in [-0.2, 0) is 6.42 Å². The summed E-state index contributed by atoms with van der Waals surface area (Å²) in [5, 5.41) is 0. The average molecular weight is 260 g/mol. The molecule has 0 bridgehead atoms. The molecule has 2 heterocycles. The number of hydrogen-bond donors (Lipinski definition) is 1. The van der Waals surface area contributed by atoms with Gasteiger partial charge >= 0.3 is 0 Å². The van der Waals surface area contributed by atoms with Gasteiger partial charge in [0.1, 0.15) is 5.75 Å². The fourth-order valence-corrected chi connectivity index (χ4v) is 3.97. The maximum absolute atomic E-state index is 6.05. The normalized spacial score (nSPS) is 30.5. The first kappa shape index (κ1) is 12.9. The molecule has 2 N–H and O–H groups in total. The van der Waals surface area contributed by atoms with Crippen LogP contribution in [0.3, 0.4) is 0 Å². The highest BCUT2D eigenvalue weighted by molar-refractivity contribution is 5.27. The summed E-state index contributed by atoms with van der Waals surface area (Å²) in [6.45, 7) is 3.30. The first-order chi connectivity index (χ1) is 9.25. The van der Waals surface area contributed by atoms with Gasteiger partial charge in [0.25, 0.3) is 0 Å². The van der Waals surface area contributed by atoms with Crippen molar-refractivity contribution in [3.05, 3.63) is 29.8 Å². The van der Waals surface area contributed by atoms with E-state index in [-0.39, 0.29) is 0 Å². The van der Waals surface area contributed by atoms with Crippen LogP contribution in [0, 0.1) is 5.92 Å². The predicted molar refractivity (Wildman–Crippen MR) is 77.4 cm³/mol. The lowest BCUT2D eigenvalue weighted by Gasteiger charge is -2.30. The quantitative estimate of drug-likeness (QED) is 0.900. The minimum absolute atomic E-state index is 0.330. The zero-order chi connectivity index (χ0) is 13.3. The van der Waals surface area contributed by atoms with Gasteiger partial charge in [-0.2, -0.15) is 0 Å². The second-order valence-electron chi connectivity index (χ2n) is 6.10. The van der Waals surface area contributed by atoms with E-state index in [0.717, 1.165) is 18.2 Å². The molecule has 2 aliphatic rings. The van der Waals surface area contributed by atoms with E-state index < -0.39 is 0 Å². The van der Waals surface area contributed by atoms with E-state index in [4.69, 9.17) is 10.5 Å². The third-order valence-corrected chi connectivity index (χ3v) is 4.95. The first-order valence-corrected chi connectivity index (χ1v) is 7.34. The molecule has 0 spiro atoms. The highest BCUT2D eigenvalue weighted by Gasteiger charge is 2.46. The van der Waals surface area contributed by atoms with Crippen LogP contribution >= 0.6 is 0 Å². The van der Waals surface area contributed by atoms with Gasteiger partial charge in [-0.15, -0.1) is 0 Å². The third-order valence-electron chi connectivity index (χ3n) is 4.95. The molecule has 3 heteroatoms. The standard InChI is InChI=1S/C16H24N2O/c1-19-15-5-3-13(4-6-15)9-14-10-16(12-17)7-2-8-18(16)11-14/h3-6,14H,2,7-12,17H2,1H3. The Morgan fingerprint density at radius 3 is 2.79 bits per heavy atom. The summed E-state index contributed by atoms with van der Waals surface area (Å²) in [4.78, 5) is 2.64. The highest BCUT2D eigenvalue weighted by atomic mass is 16.5. The van der Waals surface area contributed by atoms with E-state index >= 15 is 0 Å². The maximum Gasteiger partial charge on any atom is 0.118 e. The zero-order valence-corrected chi connectivity index (χ0v) is 11.8. The molecule has 3 rings (SSSR count). The summed E-state index contributed by atoms with van der Waals surface area (Å²) >= 11 is 0. The largest absolute Gasteiger partial charge is 0.497 e. The number of benzene rings is 1. The molecule has 0 aliphatic carbocycles. The van der Waals surface area contributed by atoms with Gasteiger partial charge in [-0.3, -0.25) is 4.90 Å². The van der Waals surface area contributed by atoms with Crippen LogP contribution in [0.5, 0.6) is 5.75 Å². The Hall–Kier alpha value is -1.06. The molecule has 2 fully saturated rings.